The molecule has 0 aromatic rings. The second-order valence-electron chi connectivity index (χ2n) is 4.79. The maximum atomic E-state index is 12.0. The van der Waals surface area contributed by atoms with Gasteiger partial charge >= 0.3 is 0 Å². The van der Waals surface area contributed by atoms with E-state index in [4.69, 9.17) is 5.26 Å². The molecule has 1 rings (SSSR count). The molecule has 5 heteroatoms. The third-order valence-corrected chi connectivity index (χ3v) is 3.52. The van der Waals surface area contributed by atoms with Gasteiger partial charge in [0.05, 0.1) is 19.0 Å². The van der Waals surface area contributed by atoms with Crippen molar-refractivity contribution in [3.63, 3.8) is 0 Å². The van der Waals surface area contributed by atoms with Gasteiger partial charge in [-0.1, -0.05) is 6.92 Å². The summed E-state index contributed by atoms with van der Waals surface area (Å²) in [5.41, 5.74) is 0. The van der Waals surface area contributed by atoms with Crippen LogP contribution < -0.4 is 5.32 Å². The van der Waals surface area contributed by atoms with Crippen LogP contribution in [0.3, 0.4) is 0 Å². The number of amides is 1. The predicted molar refractivity (Wildman–Crippen MR) is 71.0 cm³/mol. The summed E-state index contributed by atoms with van der Waals surface area (Å²) in [6.45, 7) is 6.04. The van der Waals surface area contributed by atoms with Crippen molar-refractivity contribution in [1.29, 1.82) is 5.26 Å². The van der Waals surface area contributed by atoms with E-state index in [1.807, 2.05) is 0 Å². The molecule has 1 unspecified atom stereocenters. The maximum Gasteiger partial charge on any atom is 0.236 e. The molecule has 0 spiro atoms. The van der Waals surface area contributed by atoms with Gasteiger partial charge in [-0.3, -0.25) is 9.69 Å². The lowest BCUT2D eigenvalue weighted by Gasteiger charge is -2.34. The molecule has 0 radical (unpaired) electrons. The zero-order chi connectivity index (χ0) is 13.4. The van der Waals surface area contributed by atoms with Crippen LogP contribution in [0.1, 0.15) is 26.2 Å². The fraction of sp³-hybridized carbons (Fsp3) is 0.846. The summed E-state index contributed by atoms with van der Waals surface area (Å²) in [6.07, 6.45) is 2.75. The minimum Gasteiger partial charge on any atom is -0.344 e. The molecular weight excluding hydrogens is 228 g/mol. The topological polar surface area (TPSA) is 59.4 Å². The Kier molecular flexibility index (Phi) is 6.69. The zero-order valence-electron chi connectivity index (χ0n) is 11.5. The van der Waals surface area contributed by atoms with E-state index >= 15 is 0 Å². The number of hydrogen-bond acceptors (Lipinski definition) is 4. The van der Waals surface area contributed by atoms with Crippen LogP contribution in [-0.4, -0.2) is 61.5 Å². The van der Waals surface area contributed by atoms with Crippen molar-refractivity contribution in [2.75, 3.05) is 39.8 Å². The van der Waals surface area contributed by atoms with Gasteiger partial charge in [0.2, 0.25) is 5.91 Å². The smallest absolute Gasteiger partial charge is 0.236 e. The van der Waals surface area contributed by atoms with Crippen molar-refractivity contribution >= 4 is 5.91 Å². The average Bonchev–Trinajstić information content (AvgIpc) is 2.42. The highest BCUT2D eigenvalue weighted by Gasteiger charge is 2.22. The Hall–Kier alpha value is -1.12. The summed E-state index contributed by atoms with van der Waals surface area (Å²) in [4.78, 5) is 15.9. The van der Waals surface area contributed by atoms with Crippen LogP contribution in [-0.2, 0) is 4.79 Å². The summed E-state index contributed by atoms with van der Waals surface area (Å²) >= 11 is 0. The van der Waals surface area contributed by atoms with Gasteiger partial charge in [-0.05, 0) is 25.9 Å². The van der Waals surface area contributed by atoms with Gasteiger partial charge < -0.3 is 10.2 Å². The van der Waals surface area contributed by atoms with Gasteiger partial charge in [0.25, 0.3) is 0 Å². The normalized spacial score (nSPS) is 19.6. The molecule has 1 fully saturated rings. The molecule has 0 aliphatic carbocycles. The van der Waals surface area contributed by atoms with E-state index in [9.17, 15) is 4.79 Å². The molecule has 0 saturated carbocycles. The van der Waals surface area contributed by atoms with Crippen molar-refractivity contribution in [2.45, 2.75) is 32.2 Å². The SMILES string of the molecule is CCN(CC(=O)N(C)CCC#N)C1CCCNC1. The van der Waals surface area contributed by atoms with Crippen molar-refractivity contribution in [3.05, 3.63) is 0 Å². The second kappa shape index (κ2) is 8.06. The number of likely N-dealkylation sites (N-methyl/N-ethyl adjacent to an activating group) is 2. The molecule has 1 heterocycles. The Morgan fingerprint density at radius 3 is 2.89 bits per heavy atom. The fourth-order valence-corrected chi connectivity index (χ4v) is 2.28. The van der Waals surface area contributed by atoms with Crippen LogP contribution >= 0.6 is 0 Å². The average molecular weight is 252 g/mol. The Bertz CT molecular complexity index is 294. The van der Waals surface area contributed by atoms with Crippen molar-refractivity contribution in [1.82, 2.24) is 15.1 Å². The van der Waals surface area contributed by atoms with E-state index in [1.54, 1.807) is 11.9 Å². The van der Waals surface area contributed by atoms with Crippen molar-refractivity contribution in [3.8, 4) is 6.07 Å². The third-order valence-electron chi connectivity index (χ3n) is 3.52. The lowest BCUT2D eigenvalue weighted by Crippen LogP contribution is -2.49. The molecule has 0 aromatic carbocycles. The van der Waals surface area contributed by atoms with Crippen molar-refractivity contribution in [2.24, 2.45) is 0 Å². The minimum atomic E-state index is 0.109. The first-order valence-electron chi connectivity index (χ1n) is 6.74. The highest BCUT2D eigenvalue weighted by molar-refractivity contribution is 5.78. The standard InChI is InChI=1S/C13H24N4O/c1-3-17(12-6-4-8-15-10-12)11-13(18)16(2)9-5-7-14/h12,15H,3-6,8-11H2,1-2H3. The van der Waals surface area contributed by atoms with Gasteiger partial charge in [0.15, 0.2) is 0 Å². The second-order valence-corrected chi connectivity index (χ2v) is 4.79. The highest BCUT2D eigenvalue weighted by Crippen LogP contribution is 2.10. The first kappa shape index (κ1) is 14.9. The number of carbonyl (C=O) groups excluding carboxylic acids is 1. The van der Waals surface area contributed by atoms with Gasteiger partial charge in [0.1, 0.15) is 0 Å². The fourth-order valence-electron chi connectivity index (χ4n) is 2.28. The minimum absolute atomic E-state index is 0.109. The number of rotatable bonds is 6. The molecule has 1 saturated heterocycles. The lowest BCUT2D eigenvalue weighted by atomic mass is 10.1. The quantitative estimate of drug-likeness (QED) is 0.745. The molecule has 5 nitrogen and oxygen atoms in total. The third kappa shape index (κ3) is 4.63. The van der Waals surface area contributed by atoms with Crippen molar-refractivity contribution < 1.29 is 4.79 Å². The van der Waals surface area contributed by atoms with Crippen LogP contribution in [0.2, 0.25) is 0 Å². The zero-order valence-corrected chi connectivity index (χ0v) is 11.5. The Morgan fingerprint density at radius 1 is 1.56 bits per heavy atom. The number of nitrogens with one attached hydrogen (secondary N) is 1. The summed E-state index contributed by atoms with van der Waals surface area (Å²) in [5, 5.41) is 11.9. The molecule has 1 aliphatic heterocycles. The predicted octanol–water partition coefficient (Wildman–Crippen LogP) is 0.432. The molecule has 0 bridgehead atoms. The Labute approximate surface area is 110 Å². The van der Waals surface area contributed by atoms with E-state index < -0.39 is 0 Å². The van der Waals surface area contributed by atoms with E-state index in [1.165, 1.54) is 6.42 Å². The number of hydrogen-bond donors (Lipinski definition) is 1. The largest absolute Gasteiger partial charge is 0.344 e. The molecule has 0 aromatic heterocycles. The number of nitrogens with zero attached hydrogens (tertiary/aromatic N) is 3. The van der Waals surface area contributed by atoms with Gasteiger partial charge in [-0.15, -0.1) is 0 Å². The molecule has 1 atom stereocenters. The maximum absolute atomic E-state index is 12.0. The van der Waals surface area contributed by atoms with E-state index in [-0.39, 0.29) is 5.91 Å². The summed E-state index contributed by atoms with van der Waals surface area (Å²) in [7, 11) is 1.77. The lowest BCUT2D eigenvalue weighted by molar-refractivity contribution is -0.131. The van der Waals surface area contributed by atoms with Crippen LogP contribution in [0.5, 0.6) is 0 Å². The summed E-state index contributed by atoms with van der Waals surface area (Å²) in [5.74, 6) is 0.109. The van der Waals surface area contributed by atoms with Gasteiger partial charge in [0, 0.05) is 26.2 Å². The van der Waals surface area contributed by atoms with Crippen LogP contribution in [0.15, 0.2) is 0 Å². The van der Waals surface area contributed by atoms with E-state index in [2.05, 4.69) is 23.2 Å². The number of carbonyl (C=O) groups is 1. The molecule has 1 N–H and O–H groups in total. The number of piperidine rings is 1. The van der Waals surface area contributed by atoms with Crippen LogP contribution in [0.25, 0.3) is 0 Å². The molecule has 1 amide bonds. The van der Waals surface area contributed by atoms with E-state index in [0.29, 0.717) is 25.6 Å². The molecule has 18 heavy (non-hydrogen) atoms. The Balaban J connectivity index is 2.41. The first-order chi connectivity index (χ1) is 8.69. The highest BCUT2D eigenvalue weighted by atomic mass is 16.2. The summed E-state index contributed by atoms with van der Waals surface area (Å²) < 4.78 is 0. The monoisotopic (exact) mass is 252 g/mol. The Morgan fingerprint density at radius 2 is 2.33 bits per heavy atom. The molecule has 102 valence electrons. The molecule has 1 aliphatic rings. The van der Waals surface area contributed by atoms with Gasteiger partial charge in [-0.2, -0.15) is 5.26 Å². The summed E-state index contributed by atoms with van der Waals surface area (Å²) in [6, 6.07) is 2.54. The number of nitriles is 1. The van der Waals surface area contributed by atoms with Gasteiger partial charge in [-0.25, -0.2) is 0 Å². The van der Waals surface area contributed by atoms with Crippen LogP contribution in [0, 0.1) is 11.3 Å². The first-order valence-corrected chi connectivity index (χ1v) is 6.74. The molecular formula is C13H24N4O. The van der Waals surface area contributed by atoms with Crippen LogP contribution in [0.4, 0.5) is 0 Å². The van der Waals surface area contributed by atoms with E-state index in [0.717, 1.165) is 26.1 Å².